The van der Waals surface area contributed by atoms with Crippen LogP contribution in [0.1, 0.15) is 43.4 Å². The van der Waals surface area contributed by atoms with Gasteiger partial charge < -0.3 is 0 Å². The zero-order valence-corrected chi connectivity index (χ0v) is 9.01. The van der Waals surface area contributed by atoms with Gasteiger partial charge in [-0.2, -0.15) is 5.26 Å². The monoisotopic (exact) mass is 187 g/mol. The third-order valence-corrected chi connectivity index (χ3v) is 2.41. The Morgan fingerprint density at radius 1 is 1.14 bits per heavy atom. The lowest BCUT2D eigenvalue weighted by Crippen LogP contribution is -1.97. The standard InChI is InChI=1S/C13H17N/c1-3-6-11-8-5-9-12(10-14)13(11)7-4-2/h5,8-9H,3-4,6-7H2,1-2H3. The molecule has 0 N–H and O–H groups in total. The minimum absolute atomic E-state index is 0.859. The first kappa shape index (κ1) is 10.8. The summed E-state index contributed by atoms with van der Waals surface area (Å²) in [5, 5.41) is 8.99. The number of nitriles is 1. The maximum Gasteiger partial charge on any atom is 0.0994 e. The SMILES string of the molecule is CCCc1cccc(C#N)c1CCC. The van der Waals surface area contributed by atoms with E-state index in [1.54, 1.807) is 0 Å². The lowest BCUT2D eigenvalue weighted by molar-refractivity contribution is 0.858. The third-order valence-electron chi connectivity index (χ3n) is 2.41. The lowest BCUT2D eigenvalue weighted by Gasteiger charge is -2.09. The Hall–Kier alpha value is -1.29. The summed E-state index contributed by atoms with van der Waals surface area (Å²) in [6, 6.07) is 8.34. The zero-order chi connectivity index (χ0) is 10.4. The molecule has 0 saturated carbocycles. The van der Waals surface area contributed by atoms with Crippen molar-refractivity contribution in [3.63, 3.8) is 0 Å². The summed E-state index contributed by atoms with van der Waals surface area (Å²) in [5.74, 6) is 0. The molecule has 1 nitrogen and oxygen atoms in total. The van der Waals surface area contributed by atoms with Crippen LogP contribution in [0.3, 0.4) is 0 Å². The predicted molar refractivity (Wildman–Crippen MR) is 59.1 cm³/mol. The molecule has 0 unspecified atom stereocenters. The zero-order valence-electron chi connectivity index (χ0n) is 9.01. The van der Waals surface area contributed by atoms with Gasteiger partial charge in [-0.15, -0.1) is 0 Å². The molecule has 0 spiro atoms. The highest BCUT2D eigenvalue weighted by atomic mass is 14.2. The van der Waals surface area contributed by atoms with E-state index in [1.807, 2.05) is 12.1 Å². The van der Waals surface area contributed by atoms with Crippen molar-refractivity contribution in [1.29, 1.82) is 5.26 Å². The minimum atomic E-state index is 0.859. The molecule has 0 amide bonds. The van der Waals surface area contributed by atoms with Crippen molar-refractivity contribution in [3.05, 3.63) is 34.9 Å². The largest absolute Gasteiger partial charge is 0.192 e. The number of hydrogen-bond donors (Lipinski definition) is 0. The van der Waals surface area contributed by atoms with E-state index in [0.29, 0.717) is 0 Å². The summed E-state index contributed by atoms with van der Waals surface area (Å²) in [6.45, 7) is 4.33. The molecule has 74 valence electrons. The van der Waals surface area contributed by atoms with E-state index in [4.69, 9.17) is 5.26 Å². The van der Waals surface area contributed by atoms with Crippen LogP contribution < -0.4 is 0 Å². The molecule has 0 aliphatic heterocycles. The van der Waals surface area contributed by atoms with Gasteiger partial charge in [-0.05, 0) is 30.0 Å². The van der Waals surface area contributed by atoms with Crippen LogP contribution in [0.25, 0.3) is 0 Å². The molecule has 0 heterocycles. The maximum atomic E-state index is 8.99. The van der Waals surface area contributed by atoms with Gasteiger partial charge in [0, 0.05) is 0 Å². The Kier molecular flexibility index (Phi) is 4.19. The van der Waals surface area contributed by atoms with Crippen molar-refractivity contribution in [3.8, 4) is 6.07 Å². The average Bonchev–Trinajstić information content (AvgIpc) is 2.21. The van der Waals surface area contributed by atoms with E-state index in [2.05, 4.69) is 26.0 Å². The summed E-state index contributed by atoms with van der Waals surface area (Å²) in [7, 11) is 0. The van der Waals surface area contributed by atoms with Crippen LogP contribution in [-0.4, -0.2) is 0 Å². The Labute approximate surface area is 86.4 Å². The topological polar surface area (TPSA) is 23.8 Å². The van der Waals surface area contributed by atoms with Crippen LogP contribution in [0, 0.1) is 11.3 Å². The highest BCUT2D eigenvalue weighted by Gasteiger charge is 2.05. The van der Waals surface area contributed by atoms with E-state index in [1.165, 1.54) is 11.1 Å². The predicted octanol–water partition coefficient (Wildman–Crippen LogP) is 3.46. The normalized spacial score (nSPS) is 9.79. The number of aryl methyl sites for hydroxylation is 1. The van der Waals surface area contributed by atoms with Crippen molar-refractivity contribution in [2.45, 2.75) is 39.5 Å². The Morgan fingerprint density at radius 3 is 2.43 bits per heavy atom. The molecule has 1 rings (SSSR count). The first-order valence-corrected chi connectivity index (χ1v) is 5.34. The quantitative estimate of drug-likeness (QED) is 0.708. The molecule has 0 atom stereocenters. The molecule has 0 bridgehead atoms. The molecule has 1 heteroatoms. The summed E-state index contributed by atoms with van der Waals surface area (Å²) in [5.41, 5.74) is 3.48. The number of rotatable bonds is 4. The third kappa shape index (κ3) is 2.35. The molecule has 0 aliphatic rings. The average molecular weight is 187 g/mol. The van der Waals surface area contributed by atoms with Crippen LogP contribution in [0.2, 0.25) is 0 Å². The minimum Gasteiger partial charge on any atom is -0.192 e. The van der Waals surface area contributed by atoms with Gasteiger partial charge in [0.05, 0.1) is 11.6 Å². The molecule has 0 radical (unpaired) electrons. The summed E-state index contributed by atoms with van der Waals surface area (Å²) in [6.07, 6.45) is 4.37. The van der Waals surface area contributed by atoms with E-state index in [9.17, 15) is 0 Å². The van der Waals surface area contributed by atoms with Crippen LogP contribution >= 0.6 is 0 Å². The van der Waals surface area contributed by atoms with Gasteiger partial charge in [0.15, 0.2) is 0 Å². The molecule has 0 aliphatic carbocycles. The van der Waals surface area contributed by atoms with Crippen LogP contribution in [0.4, 0.5) is 0 Å². The fourth-order valence-electron chi connectivity index (χ4n) is 1.79. The second-order valence-corrected chi connectivity index (χ2v) is 3.56. The van der Waals surface area contributed by atoms with Crippen LogP contribution in [-0.2, 0) is 12.8 Å². The number of nitrogens with zero attached hydrogens (tertiary/aromatic N) is 1. The molecular weight excluding hydrogens is 170 g/mol. The molecule has 0 fully saturated rings. The highest BCUT2D eigenvalue weighted by Crippen LogP contribution is 2.17. The Bertz CT molecular complexity index is 334. The van der Waals surface area contributed by atoms with Crippen molar-refractivity contribution >= 4 is 0 Å². The van der Waals surface area contributed by atoms with Gasteiger partial charge in [-0.25, -0.2) is 0 Å². The molecule has 1 aromatic rings. The van der Waals surface area contributed by atoms with Gasteiger partial charge in [0.25, 0.3) is 0 Å². The smallest absolute Gasteiger partial charge is 0.0994 e. The first-order valence-electron chi connectivity index (χ1n) is 5.34. The fraction of sp³-hybridized carbons (Fsp3) is 0.462. The van der Waals surface area contributed by atoms with E-state index < -0.39 is 0 Å². The Balaban J connectivity index is 3.08. The molecule has 0 saturated heterocycles. The van der Waals surface area contributed by atoms with Crippen molar-refractivity contribution < 1.29 is 0 Å². The van der Waals surface area contributed by atoms with Crippen LogP contribution in [0.15, 0.2) is 18.2 Å². The first-order chi connectivity index (χ1) is 6.83. The van der Waals surface area contributed by atoms with Crippen molar-refractivity contribution in [1.82, 2.24) is 0 Å². The second-order valence-electron chi connectivity index (χ2n) is 3.56. The molecule has 1 aromatic carbocycles. The van der Waals surface area contributed by atoms with Crippen molar-refractivity contribution in [2.75, 3.05) is 0 Å². The van der Waals surface area contributed by atoms with E-state index in [-0.39, 0.29) is 0 Å². The summed E-state index contributed by atoms with van der Waals surface area (Å²) >= 11 is 0. The van der Waals surface area contributed by atoms with Gasteiger partial charge in [-0.3, -0.25) is 0 Å². The van der Waals surface area contributed by atoms with Gasteiger partial charge in [0.1, 0.15) is 0 Å². The second kappa shape index (κ2) is 5.44. The van der Waals surface area contributed by atoms with Crippen molar-refractivity contribution in [2.24, 2.45) is 0 Å². The van der Waals surface area contributed by atoms with Gasteiger partial charge >= 0.3 is 0 Å². The Morgan fingerprint density at radius 2 is 1.86 bits per heavy atom. The lowest BCUT2D eigenvalue weighted by atomic mass is 9.95. The maximum absolute atomic E-state index is 8.99. The summed E-state index contributed by atoms with van der Waals surface area (Å²) in [4.78, 5) is 0. The number of hydrogen-bond acceptors (Lipinski definition) is 1. The molecule has 14 heavy (non-hydrogen) atoms. The summed E-state index contributed by atoms with van der Waals surface area (Å²) < 4.78 is 0. The van der Waals surface area contributed by atoms with E-state index in [0.717, 1.165) is 31.2 Å². The van der Waals surface area contributed by atoms with Crippen LogP contribution in [0.5, 0.6) is 0 Å². The molecule has 0 aromatic heterocycles. The van der Waals surface area contributed by atoms with Gasteiger partial charge in [0.2, 0.25) is 0 Å². The molecular formula is C13H17N. The fourth-order valence-corrected chi connectivity index (χ4v) is 1.79. The van der Waals surface area contributed by atoms with E-state index >= 15 is 0 Å². The highest BCUT2D eigenvalue weighted by molar-refractivity contribution is 5.43. The number of benzene rings is 1. The van der Waals surface area contributed by atoms with Gasteiger partial charge in [-0.1, -0.05) is 38.8 Å².